The number of aromatic amines is 2. The molecular formula is C14H14N2O4. The molecule has 0 atom stereocenters. The zero-order valence-electron chi connectivity index (χ0n) is 11.1. The van der Waals surface area contributed by atoms with Crippen LogP contribution in [0, 0.1) is 0 Å². The number of esters is 1. The summed E-state index contributed by atoms with van der Waals surface area (Å²) in [5.74, 6) is -0.422. The molecule has 0 aromatic carbocycles. The number of carbonyl (C=O) groups excluding carboxylic acids is 1. The number of hydrogen-bond donors (Lipinski definition) is 2. The van der Waals surface area contributed by atoms with Gasteiger partial charge in [0.1, 0.15) is 5.56 Å². The summed E-state index contributed by atoms with van der Waals surface area (Å²) in [5.41, 5.74) is 0.648. The summed E-state index contributed by atoms with van der Waals surface area (Å²) in [7, 11) is 2.66. The van der Waals surface area contributed by atoms with Crippen LogP contribution in [0.2, 0.25) is 0 Å². The van der Waals surface area contributed by atoms with Gasteiger partial charge in [0.15, 0.2) is 5.88 Å². The topological polar surface area (TPSA) is 84.2 Å². The molecule has 0 bridgehead atoms. The highest BCUT2D eigenvalue weighted by Crippen LogP contribution is 2.13. The standard InChI is InChI=1S/C14H14N2O4/c1-19-12-8-11(17)13(14(18)20-2)10(16-12)6-5-9-4-3-7-15-9/h3-8,15H,1-2H3,(H,16,17)/b6-5+. The summed E-state index contributed by atoms with van der Waals surface area (Å²) in [6, 6.07) is 4.90. The van der Waals surface area contributed by atoms with E-state index in [2.05, 4.69) is 14.7 Å². The van der Waals surface area contributed by atoms with Crippen molar-refractivity contribution in [2.45, 2.75) is 0 Å². The third-order valence-electron chi connectivity index (χ3n) is 2.70. The summed E-state index contributed by atoms with van der Waals surface area (Å²) in [5, 5.41) is 0. The molecule has 0 saturated carbocycles. The molecule has 0 saturated heterocycles. The minimum Gasteiger partial charge on any atom is -0.482 e. The van der Waals surface area contributed by atoms with Crippen molar-refractivity contribution < 1.29 is 14.3 Å². The number of pyridine rings is 1. The van der Waals surface area contributed by atoms with E-state index in [1.807, 2.05) is 12.1 Å². The Balaban J connectivity index is 2.51. The summed E-state index contributed by atoms with van der Waals surface area (Å²) in [6.45, 7) is 0. The van der Waals surface area contributed by atoms with Gasteiger partial charge in [0.05, 0.1) is 19.9 Å². The first kappa shape index (κ1) is 13.7. The fraction of sp³-hybridized carbons (Fsp3) is 0.143. The van der Waals surface area contributed by atoms with Crippen LogP contribution in [0.3, 0.4) is 0 Å². The molecule has 20 heavy (non-hydrogen) atoms. The molecule has 6 heteroatoms. The second-order valence-electron chi connectivity index (χ2n) is 3.94. The first-order valence-corrected chi connectivity index (χ1v) is 5.87. The molecule has 2 heterocycles. The maximum Gasteiger partial charge on any atom is 0.344 e. The van der Waals surface area contributed by atoms with Crippen molar-refractivity contribution in [3.63, 3.8) is 0 Å². The van der Waals surface area contributed by atoms with Gasteiger partial charge in [-0.15, -0.1) is 0 Å². The average Bonchev–Trinajstić information content (AvgIpc) is 2.97. The van der Waals surface area contributed by atoms with Gasteiger partial charge < -0.3 is 19.4 Å². The van der Waals surface area contributed by atoms with Crippen molar-refractivity contribution >= 4 is 18.1 Å². The summed E-state index contributed by atoms with van der Waals surface area (Å²) in [4.78, 5) is 29.5. The van der Waals surface area contributed by atoms with Crippen LogP contribution in [0.15, 0.2) is 29.2 Å². The summed E-state index contributed by atoms with van der Waals surface area (Å²) >= 11 is 0. The predicted molar refractivity (Wildman–Crippen MR) is 74.7 cm³/mol. The van der Waals surface area contributed by atoms with Gasteiger partial charge in [-0.05, 0) is 24.3 Å². The highest BCUT2D eigenvalue weighted by molar-refractivity contribution is 5.93. The highest BCUT2D eigenvalue weighted by Gasteiger charge is 2.16. The molecule has 0 aliphatic rings. The van der Waals surface area contributed by atoms with Gasteiger partial charge in [0, 0.05) is 18.0 Å². The second-order valence-corrected chi connectivity index (χ2v) is 3.94. The van der Waals surface area contributed by atoms with E-state index in [1.165, 1.54) is 20.3 Å². The Morgan fingerprint density at radius 2 is 2.10 bits per heavy atom. The van der Waals surface area contributed by atoms with Gasteiger partial charge in [0.2, 0.25) is 5.43 Å². The van der Waals surface area contributed by atoms with Crippen molar-refractivity contribution in [1.82, 2.24) is 9.97 Å². The Kier molecular flexibility index (Phi) is 4.05. The van der Waals surface area contributed by atoms with Crippen LogP contribution >= 0.6 is 0 Å². The van der Waals surface area contributed by atoms with E-state index in [9.17, 15) is 9.59 Å². The lowest BCUT2D eigenvalue weighted by Crippen LogP contribution is -2.19. The molecule has 0 fully saturated rings. The minimum absolute atomic E-state index is 0.0592. The quantitative estimate of drug-likeness (QED) is 0.831. The van der Waals surface area contributed by atoms with E-state index >= 15 is 0 Å². The van der Waals surface area contributed by atoms with Crippen LogP contribution in [-0.4, -0.2) is 30.2 Å². The van der Waals surface area contributed by atoms with E-state index in [-0.39, 0.29) is 11.4 Å². The molecule has 0 amide bonds. The minimum atomic E-state index is -0.694. The molecule has 2 aromatic rings. The Hall–Kier alpha value is -2.76. The van der Waals surface area contributed by atoms with Crippen molar-refractivity contribution in [3.8, 4) is 5.88 Å². The number of ether oxygens (including phenoxy) is 2. The molecule has 2 rings (SSSR count). The second kappa shape index (κ2) is 5.92. The lowest BCUT2D eigenvalue weighted by Gasteiger charge is -2.06. The Labute approximate surface area is 115 Å². The molecule has 2 N–H and O–H groups in total. The number of rotatable bonds is 4. The van der Waals surface area contributed by atoms with Crippen molar-refractivity contribution in [3.05, 3.63) is 51.6 Å². The van der Waals surface area contributed by atoms with Crippen LogP contribution in [0.25, 0.3) is 12.2 Å². The lowest BCUT2D eigenvalue weighted by atomic mass is 10.1. The number of carbonyl (C=O) groups is 1. The van der Waals surface area contributed by atoms with Crippen LogP contribution in [0.5, 0.6) is 5.88 Å². The maximum absolute atomic E-state index is 11.9. The molecule has 0 aliphatic carbocycles. The number of methoxy groups -OCH3 is 2. The fourth-order valence-electron chi connectivity index (χ4n) is 1.72. The lowest BCUT2D eigenvalue weighted by molar-refractivity contribution is 0.0598. The van der Waals surface area contributed by atoms with Crippen molar-refractivity contribution in [2.24, 2.45) is 0 Å². The molecular weight excluding hydrogens is 260 g/mol. The number of aromatic nitrogens is 2. The smallest absolute Gasteiger partial charge is 0.344 e. The van der Waals surface area contributed by atoms with Gasteiger partial charge in [-0.1, -0.05) is 0 Å². The van der Waals surface area contributed by atoms with Crippen LogP contribution in [-0.2, 0) is 4.74 Å². The first-order chi connectivity index (χ1) is 9.65. The Bertz CT molecular complexity index is 684. The fourth-order valence-corrected chi connectivity index (χ4v) is 1.72. The van der Waals surface area contributed by atoms with Gasteiger partial charge in [-0.2, -0.15) is 0 Å². The van der Waals surface area contributed by atoms with Crippen LogP contribution in [0.1, 0.15) is 21.7 Å². The van der Waals surface area contributed by atoms with Gasteiger partial charge in [-0.25, -0.2) is 4.79 Å². The molecule has 104 valence electrons. The van der Waals surface area contributed by atoms with Gasteiger partial charge in [0.25, 0.3) is 0 Å². The highest BCUT2D eigenvalue weighted by atomic mass is 16.5. The number of hydrogen-bond acceptors (Lipinski definition) is 4. The van der Waals surface area contributed by atoms with Gasteiger partial charge >= 0.3 is 5.97 Å². The Morgan fingerprint density at radius 3 is 2.70 bits per heavy atom. The SMILES string of the molecule is COC(=O)c1c(/C=C/c2ccc[nH]2)[nH]c(OC)cc1=O. The predicted octanol–water partition coefficient (Wildman–Crippen LogP) is 1.67. The molecule has 0 spiro atoms. The van der Waals surface area contributed by atoms with Crippen LogP contribution < -0.4 is 10.2 Å². The monoisotopic (exact) mass is 274 g/mol. The number of nitrogens with one attached hydrogen (secondary N) is 2. The average molecular weight is 274 g/mol. The van der Waals surface area contributed by atoms with Gasteiger partial charge in [-0.3, -0.25) is 4.79 Å². The zero-order valence-corrected chi connectivity index (χ0v) is 11.1. The van der Waals surface area contributed by atoms with Crippen molar-refractivity contribution in [1.29, 1.82) is 0 Å². The third-order valence-corrected chi connectivity index (χ3v) is 2.70. The summed E-state index contributed by atoms with van der Waals surface area (Å²) < 4.78 is 9.62. The first-order valence-electron chi connectivity index (χ1n) is 5.87. The van der Waals surface area contributed by atoms with E-state index < -0.39 is 11.4 Å². The molecule has 0 unspecified atom stereocenters. The number of H-pyrrole nitrogens is 2. The van der Waals surface area contributed by atoms with Crippen molar-refractivity contribution in [2.75, 3.05) is 14.2 Å². The largest absolute Gasteiger partial charge is 0.482 e. The van der Waals surface area contributed by atoms with E-state index in [0.29, 0.717) is 5.69 Å². The van der Waals surface area contributed by atoms with Crippen LogP contribution in [0.4, 0.5) is 0 Å². The summed E-state index contributed by atoms with van der Waals surface area (Å²) in [6.07, 6.45) is 5.12. The third kappa shape index (κ3) is 2.80. The zero-order chi connectivity index (χ0) is 14.5. The maximum atomic E-state index is 11.9. The van der Waals surface area contributed by atoms with E-state index in [0.717, 1.165) is 5.69 Å². The van der Waals surface area contributed by atoms with E-state index in [1.54, 1.807) is 18.3 Å². The molecule has 0 aliphatic heterocycles. The molecule has 6 nitrogen and oxygen atoms in total. The van der Waals surface area contributed by atoms with E-state index in [4.69, 9.17) is 4.74 Å². The molecule has 0 radical (unpaired) electrons. The molecule has 2 aromatic heterocycles. The Morgan fingerprint density at radius 1 is 1.30 bits per heavy atom. The normalized spacial score (nSPS) is 10.7.